The van der Waals surface area contributed by atoms with Crippen LogP contribution in [0.15, 0.2) is 24.3 Å². The monoisotopic (exact) mass is 236 g/mol. The minimum absolute atomic E-state index is 0.709. The number of nitrogens with one attached hydrogen (secondary N) is 1. The summed E-state index contributed by atoms with van der Waals surface area (Å²) in [6, 6.07) is 8.20. The van der Waals surface area contributed by atoms with Crippen molar-refractivity contribution in [2.45, 2.75) is 13.5 Å². The van der Waals surface area contributed by atoms with Crippen molar-refractivity contribution >= 4 is 0 Å². The average Bonchev–Trinajstić information content (AvgIpc) is 2.39. The smallest absolute Gasteiger partial charge is 0.119 e. The summed E-state index contributed by atoms with van der Waals surface area (Å²) in [5.74, 6) is 0.939. The molecule has 0 amide bonds. The van der Waals surface area contributed by atoms with Crippen LogP contribution >= 0.6 is 0 Å². The van der Waals surface area contributed by atoms with Crippen molar-refractivity contribution in [3.63, 3.8) is 0 Å². The molecule has 0 saturated carbocycles. The Morgan fingerprint density at radius 2 is 2.18 bits per heavy atom. The van der Waals surface area contributed by atoms with Gasteiger partial charge in [-0.05, 0) is 24.6 Å². The summed E-state index contributed by atoms with van der Waals surface area (Å²) < 4.78 is 10.8. The Labute approximate surface area is 102 Å². The van der Waals surface area contributed by atoms with Crippen LogP contribution < -0.4 is 10.2 Å². The second-order valence-corrected chi connectivity index (χ2v) is 4.01. The highest BCUT2D eigenvalue weighted by molar-refractivity contribution is 5.28. The van der Waals surface area contributed by atoms with E-state index in [1.54, 1.807) is 0 Å². The zero-order valence-electron chi connectivity index (χ0n) is 10.3. The summed E-state index contributed by atoms with van der Waals surface area (Å²) in [5, 5.41) is 2.21. The molecule has 0 unspecified atom stereocenters. The number of morpholine rings is 1. The van der Waals surface area contributed by atoms with Crippen LogP contribution in [-0.4, -0.2) is 37.9 Å². The van der Waals surface area contributed by atoms with Gasteiger partial charge in [-0.25, -0.2) is 5.01 Å². The molecule has 1 aliphatic rings. The van der Waals surface area contributed by atoms with E-state index in [1.165, 1.54) is 5.56 Å². The Balaban J connectivity index is 1.83. The molecule has 0 atom stereocenters. The van der Waals surface area contributed by atoms with E-state index in [-0.39, 0.29) is 0 Å². The second kappa shape index (κ2) is 6.59. The van der Waals surface area contributed by atoms with Gasteiger partial charge in [-0.3, -0.25) is 5.43 Å². The normalized spacial score (nSPS) is 17.0. The molecule has 1 heterocycles. The molecule has 0 aliphatic carbocycles. The Morgan fingerprint density at radius 1 is 1.35 bits per heavy atom. The minimum Gasteiger partial charge on any atom is -0.494 e. The third-order valence-corrected chi connectivity index (χ3v) is 2.73. The van der Waals surface area contributed by atoms with Crippen molar-refractivity contribution in [1.29, 1.82) is 0 Å². The number of rotatable bonds is 5. The van der Waals surface area contributed by atoms with E-state index in [0.717, 1.165) is 38.6 Å². The maximum atomic E-state index is 5.48. The lowest BCUT2D eigenvalue weighted by Crippen LogP contribution is -2.45. The molecule has 0 aromatic heterocycles. The predicted molar refractivity (Wildman–Crippen MR) is 66.8 cm³/mol. The summed E-state index contributed by atoms with van der Waals surface area (Å²) in [5.41, 5.74) is 4.64. The quantitative estimate of drug-likeness (QED) is 0.838. The summed E-state index contributed by atoms with van der Waals surface area (Å²) in [7, 11) is 0. The highest BCUT2D eigenvalue weighted by Gasteiger charge is 2.09. The fourth-order valence-electron chi connectivity index (χ4n) is 1.84. The molecule has 1 N–H and O–H groups in total. The van der Waals surface area contributed by atoms with Gasteiger partial charge in [0.15, 0.2) is 0 Å². The largest absolute Gasteiger partial charge is 0.494 e. The van der Waals surface area contributed by atoms with Crippen molar-refractivity contribution in [3.05, 3.63) is 29.8 Å². The molecule has 1 aromatic carbocycles. The summed E-state index contributed by atoms with van der Waals surface area (Å²) in [6.45, 7) is 7.06. The first kappa shape index (κ1) is 12.4. The Kier molecular flexibility index (Phi) is 4.79. The Bertz CT molecular complexity index is 338. The first-order valence-electron chi connectivity index (χ1n) is 6.16. The molecule has 1 fully saturated rings. The average molecular weight is 236 g/mol. The lowest BCUT2D eigenvalue weighted by atomic mass is 10.2. The molecule has 1 aliphatic heterocycles. The fourth-order valence-corrected chi connectivity index (χ4v) is 1.84. The van der Waals surface area contributed by atoms with Crippen LogP contribution in [0.25, 0.3) is 0 Å². The van der Waals surface area contributed by atoms with Gasteiger partial charge in [0.05, 0.1) is 19.8 Å². The van der Waals surface area contributed by atoms with E-state index in [0.29, 0.717) is 6.61 Å². The van der Waals surface area contributed by atoms with E-state index in [1.807, 2.05) is 19.1 Å². The number of hydrogen-bond donors (Lipinski definition) is 1. The van der Waals surface area contributed by atoms with Gasteiger partial charge >= 0.3 is 0 Å². The predicted octanol–water partition coefficient (Wildman–Crippen LogP) is 1.42. The Hall–Kier alpha value is -1.10. The van der Waals surface area contributed by atoms with Crippen LogP contribution in [0, 0.1) is 0 Å². The van der Waals surface area contributed by atoms with Gasteiger partial charge in [-0.2, -0.15) is 0 Å². The highest BCUT2D eigenvalue weighted by atomic mass is 16.5. The first-order valence-corrected chi connectivity index (χ1v) is 6.16. The summed E-state index contributed by atoms with van der Waals surface area (Å²) >= 11 is 0. The van der Waals surface area contributed by atoms with Crippen molar-refractivity contribution in [2.75, 3.05) is 32.9 Å². The van der Waals surface area contributed by atoms with Crippen LogP contribution in [0.2, 0.25) is 0 Å². The van der Waals surface area contributed by atoms with Gasteiger partial charge < -0.3 is 9.47 Å². The molecule has 0 spiro atoms. The van der Waals surface area contributed by atoms with Crippen molar-refractivity contribution < 1.29 is 9.47 Å². The molecule has 2 rings (SSSR count). The third kappa shape index (κ3) is 4.00. The molecule has 1 aromatic rings. The molecule has 17 heavy (non-hydrogen) atoms. The topological polar surface area (TPSA) is 33.7 Å². The number of nitrogens with zero attached hydrogens (tertiary/aromatic N) is 1. The SMILES string of the molecule is CCOc1cccc(CNN2CCOCC2)c1. The summed E-state index contributed by atoms with van der Waals surface area (Å²) in [6.07, 6.45) is 0. The second-order valence-electron chi connectivity index (χ2n) is 4.01. The fraction of sp³-hybridized carbons (Fsp3) is 0.538. The molecule has 0 radical (unpaired) electrons. The van der Waals surface area contributed by atoms with Crippen LogP contribution in [0.4, 0.5) is 0 Å². The van der Waals surface area contributed by atoms with Gasteiger partial charge in [-0.1, -0.05) is 12.1 Å². The van der Waals surface area contributed by atoms with E-state index in [9.17, 15) is 0 Å². The lowest BCUT2D eigenvalue weighted by molar-refractivity contribution is 0.0105. The van der Waals surface area contributed by atoms with Gasteiger partial charge in [-0.15, -0.1) is 0 Å². The number of benzene rings is 1. The standard InChI is InChI=1S/C13H20N2O2/c1-2-17-13-5-3-4-12(10-13)11-14-15-6-8-16-9-7-15/h3-5,10,14H,2,6-9,11H2,1H3. The van der Waals surface area contributed by atoms with Crippen LogP contribution in [0.1, 0.15) is 12.5 Å². The Morgan fingerprint density at radius 3 is 2.94 bits per heavy atom. The highest BCUT2D eigenvalue weighted by Crippen LogP contribution is 2.13. The lowest BCUT2D eigenvalue weighted by Gasteiger charge is -2.27. The third-order valence-electron chi connectivity index (χ3n) is 2.73. The van der Waals surface area contributed by atoms with Crippen LogP contribution in [0.5, 0.6) is 5.75 Å². The van der Waals surface area contributed by atoms with E-state index in [4.69, 9.17) is 9.47 Å². The number of hydrazine groups is 1. The van der Waals surface area contributed by atoms with Gasteiger partial charge in [0.25, 0.3) is 0 Å². The molecule has 94 valence electrons. The molecular weight excluding hydrogens is 216 g/mol. The van der Waals surface area contributed by atoms with Gasteiger partial charge in [0, 0.05) is 19.6 Å². The van der Waals surface area contributed by atoms with Gasteiger partial charge in [0.2, 0.25) is 0 Å². The first-order chi connectivity index (χ1) is 8.38. The summed E-state index contributed by atoms with van der Waals surface area (Å²) in [4.78, 5) is 0. The maximum absolute atomic E-state index is 5.48. The van der Waals surface area contributed by atoms with E-state index < -0.39 is 0 Å². The van der Waals surface area contributed by atoms with Crippen molar-refractivity contribution in [2.24, 2.45) is 0 Å². The van der Waals surface area contributed by atoms with Crippen LogP contribution in [-0.2, 0) is 11.3 Å². The molecule has 4 heteroatoms. The van der Waals surface area contributed by atoms with E-state index in [2.05, 4.69) is 22.6 Å². The minimum atomic E-state index is 0.709. The molecular formula is C13H20N2O2. The van der Waals surface area contributed by atoms with Crippen molar-refractivity contribution in [3.8, 4) is 5.75 Å². The molecule has 1 saturated heterocycles. The molecule has 4 nitrogen and oxygen atoms in total. The van der Waals surface area contributed by atoms with Crippen molar-refractivity contribution in [1.82, 2.24) is 10.4 Å². The maximum Gasteiger partial charge on any atom is 0.119 e. The van der Waals surface area contributed by atoms with Gasteiger partial charge in [0.1, 0.15) is 5.75 Å². The zero-order chi connectivity index (χ0) is 11.9. The number of ether oxygens (including phenoxy) is 2. The molecule has 0 bridgehead atoms. The zero-order valence-corrected chi connectivity index (χ0v) is 10.3. The van der Waals surface area contributed by atoms with Crippen LogP contribution in [0.3, 0.4) is 0 Å². The number of hydrogen-bond acceptors (Lipinski definition) is 4. The van der Waals surface area contributed by atoms with E-state index >= 15 is 0 Å².